The number of aromatic nitrogens is 4. The molecule has 38 heavy (non-hydrogen) atoms. The first-order valence-electron chi connectivity index (χ1n) is 12.6. The monoisotopic (exact) mass is 536 g/mol. The van der Waals surface area contributed by atoms with Crippen molar-refractivity contribution in [3.63, 3.8) is 0 Å². The van der Waals surface area contributed by atoms with Crippen molar-refractivity contribution < 1.29 is 9.18 Å². The van der Waals surface area contributed by atoms with Gasteiger partial charge in [-0.05, 0) is 57.3 Å². The third-order valence-corrected chi connectivity index (χ3v) is 7.04. The van der Waals surface area contributed by atoms with Crippen LogP contribution in [0.3, 0.4) is 0 Å². The molecule has 2 aromatic heterocycles. The summed E-state index contributed by atoms with van der Waals surface area (Å²) in [5.74, 6) is -0.236. The van der Waals surface area contributed by atoms with Gasteiger partial charge in [0.05, 0.1) is 29.1 Å². The quantitative estimate of drug-likeness (QED) is 0.350. The van der Waals surface area contributed by atoms with Gasteiger partial charge >= 0.3 is 0 Å². The van der Waals surface area contributed by atoms with Crippen molar-refractivity contribution in [2.45, 2.75) is 26.4 Å². The lowest BCUT2D eigenvalue weighted by Crippen LogP contribution is -2.44. The van der Waals surface area contributed by atoms with E-state index < -0.39 is 11.9 Å². The number of anilines is 3. The minimum Gasteiger partial charge on any atom is -0.368 e. The number of nitrogens with zero attached hydrogens (tertiary/aromatic N) is 6. The highest BCUT2D eigenvalue weighted by molar-refractivity contribution is 6.33. The van der Waals surface area contributed by atoms with E-state index in [9.17, 15) is 9.18 Å². The van der Waals surface area contributed by atoms with Crippen LogP contribution in [-0.4, -0.2) is 63.8 Å². The highest BCUT2D eigenvalue weighted by atomic mass is 35.5. The van der Waals surface area contributed by atoms with Crippen molar-refractivity contribution >= 4 is 45.9 Å². The average Bonchev–Trinajstić information content (AvgIpc) is 3.33. The first kappa shape index (κ1) is 25.9. The molecule has 2 N–H and O–H groups in total. The number of hydrogen-bond donors (Lipinski definition) is 2. The van der Waals surface area contributed by atoms with Crippen LogP contribution >= 0.6 is 11.6 Å². The normalized spacial score (nSPS) is 15.0. The van der Waals surface area contributed by atoms with Crippen LogP contribution in [0.4, 0.5) is 21.6 Å². The summed E-state index contributed by atoms with van der Waals surface area (Å²) in [5, 5.41) is 10.9. The van der Waals surface area contributed by atoms with Gasteiger partial charge in [-0.1, -0.05) is 11.6 Å². The summed E-state index contributed by atoms with van der Waals surface area (Å²) in [5.41, 5.74) is 3.42. The van der Waals surface area contributed by atoms with Gasteiger partial charge in [0.15, 0.2) is 0 Å². The number of carbonyl (C=O) groups is 1. The van der Waals surface area contributed by atoms with E-state index in [1.807, 2.05) is 26.1 Å². The van der Waals surface area contributed by atoms with Crippen molar-refractivity contribution in [1.82, 2.24) is 24.6 Å². The number of carbonyl (C=O) groups excluding carboxylic acids is 1. The molecule has 1 atom stereocenters. The Morgan fingerprint density at radius 1 is 1.16 bits per heavy atom. The van der Waals surface area contributed by atoms with Crippen molar-refractivity contribution in [2.75, 3.05) is 48.8 Å². The predicted octanol–water partition coefficient (Wildman–Crippen LogP) is 4.82. The van der Waals surface area contributed by atoms with Gasteiger partial charge in [-0.15, -0.1) is 0 Å². The summed E-state index contributed by atoms with van der Waals surface area (Å²) in [7, 11) is 2.10. The van der Waals surface area contributed by atoms with Gasteiger partial charge in [0.1, 0.15) is 17.2 Å². The maximum absolute atomic E-state index is 14.8. The summed E-state index contributed by atoms with van der Waals surface area (Å²) >= 11 is 6.55. The lowest BCUT2D eigenvalue weighted by Gasteiger charge is -2.34. The van der Waals surface area contributed by atoms with Gasteiger partial charge < -0.3 is 20.4 Å². The molecule has 198 valence electrons. The summed E-state index contributed by atoms with van der Waals surface area (Å²) in [6.07, 6.45) is 3.42. The van der Waals surface area contributed by atoms with E-state index >= 15 is 0 Å². The molecule has 1 amide bonds. The minimum atomic E-state index is -0.441. The molecule has 0 unspecified atom stereocenters. The second-order valence-electron chi connectivity index (χ2n) is 9.46. The summed E-state index contributed by atoms with van der Waals surface area (Å²) in [4.78, 5) is 26.3. The molecule has 1 saturated heterocycles. The van der Waals surface area contributed by atoms with Gasteiger partial charge in [0.25, 0.3) is 5.91 Å². The predicted molar refractivity (Wildman–Crippen MR) is 149 cm³/mol. The number of likely N-dealkylation sites (N-methyl/N-ethyl adjacent to an activating group) is 1. The number of hydrogen-bond acceptors (Lipinski definition) is 7. The lowest BCUT2D eigenvalue weighted by molar-refractivity contribution is 0.102. The number of fused-ring (bicyclic) bond motifs is 1. The molecule has 2 aromatic carbocycles. The number of benzene rings is 2. The Labute approximate surface area is 225 Å². The zero-order valence-corrected chi connectivity index (χ0v) is 22.3. The zero-order chi connectivity index (χ0) is 26.8. The van der Waals surface area contributed by atoms with Crippen LogP contribution in [0.5, 0.6) is 0 Å². The summed E-state index contributed by atoms with van der Waals surface area (Å²) in [6, 6.07) is 9.36. The standard InChI is InChI=1S/C27H30ClFN8O/c1-4-37-16-23-26(34-37)33-25(15-30-23)31-17(2)20-14-19(6-7-22(20)29)32-27(38)18-5-8-24(21(28)13-18)36-11-9-35(3)10-12-36/h5-8,13-17H,4,9-12H2,1-3H3,(H,32,38)(H,31,33,34)/t17-/m0/s1. The molecule has 0 bridgehead atoms. The lowest BCUT2D eigenvalue weighted by atomic mass is 10.1. The first-order valence-corrected chi connectivity index (χ1v) is 13.0. The maximum Gasteiger partial charge on any atom is 0.255 e. The fourth-order valence-electron chi connectivity index (χ4n) is 4.48. The number of rotatable bonds is 7. The van der Waals surface area contributed by atoms with E-state index in [1.165, 1.54) is 12.1 Å². The van der Waals surface area contributed by atoms with Crippen molar-refractivity contribution in [2.24, 2.45) is 0 Å². The first-order chi connectivity index (χ1) is 18.3. The molecule has 0 spiro atoms. The Morgan fingerprint density at radius 2 is 1.95 bits per heavy atom. The Balaban J connectivity index is 1.28. The van der Waals surface area contributed by atoms with Crippen LogP contribution < -0.4 is 15.5 Å². The van der Waals surface area contributed by atoms with Crippen LogP contribution in [0, 0.1) is 5.82 Å². The number of piperazine rings is 1. The molecule has 0 radical (unpaired) electrons. The van der Waals surface area contributed by atoms with E-state index in [4.69, 9.17) is 11.6 Å². The summed E-state index contributed by atoms with van der Waals surface area (Å²) in [6.45, 7) is 8.21. The largest absolute Gasteiger partial charge is 0.368 e. The van der Waals surface area contributed by atoms with Crippen LogP contribution in [-0.2, 0) is 6.54 Å². The van der Waals surface area contributed by atoms with Gasteiger partial charge in [0.2, 0.25) is 5.65 Å². The van der Waals surface area contributed by atoms with Gasteiger partial charge in [0, 0.05) is 49.5 Å². The molecule has 3 heterocycles. The fourth-order valence-corrected chi connectivity index (χ4v) is 4.78. The van der Waals surface area contributed by atoms with E-state index in [1.54, 1.807) is 29.1 Å². The molecular weight excluding hydrogens is 507 g/mol. The fraction of sp³-hybridized carbons (Fsp3) is 0.333. The van der Waals surface area contributed by atoms with Crippen LogP contribution in [0.15, 0.2) is 48.8 Å². The van der Waals surface area contributed by atoms with Crippen LogP contribution in [0.1, 0.15) is 35.8 Å². The molecule has 1 aliphatic heterocycles. The molecule has 0 saturated carbocycles. The summed E-state index contributed by atoms with van der Waals surface area (Å²) < 4.78 is 16.5. The maximum atomic E-state index is 14.8. The van der Waals surface area contributed by atoms with Crippen LogP contribution in [0.2, 0.25) is 5.02 Å². The second kappa shape index (κ2) is 10.9. The molecule has 9 nitrogen and oxygen atoms in total. The van der Waals surface area contributed by atoms with Crippen molar-refractivity contribution in [3.8, 4) is 0 Å². The van der Waals surface area contributed by atoms with Gasteiger partial charge in [-0.25, -0.2) is 14.4 Å². The Kier molecular flexibility index (Phi) is 7.44. The highest BCUT2D eigenvalue weighted by Crippen LogP contribution is 2.29. The third kappa shape index (κ3) is 5.56. The topological polar surface area (TPSA) is 91.2 Å². The van der Waals surface area contributed by atoms with E-state index in [-0.39, 0.29) is 5.91 Å². The van der Waals surface area contributed by atoms with Gasteiger partial charge in [-0.3, -0.25) is 9.48 Å². The third-order valence-electron chi connectivity index (χ3n) is 6.74. The van der Waals surface area contributed by atoms with Crippen molar-refractivity contribution in [1.29, 1.82) is 0 Å². The van der Waals surface area contributed by atoms with E-state index in [0.29, 0.717) is 45.4 Å². The smallest absolute Gasteiger partial charge is 0.255 e. The SMILES string of the molecule is CCn1cc2ncc(N[C@@H](C)c3cc(NC(=O)c4ccc(N5CCN(C)CC5)c(Cl)c4)ccc3F)nc2n1. The van der Waals surface area contributed by atoms with Crippen molar-refractivity contribution in [3.05, 3.63) is 70.8 Å². The number of amides is 1. The Morgan fingerprint density at radius 3 is 2.68 bits per heavy atom. The molecule has 11 heteroatoms. The minimum absolute atomic E-state index is 0.321. The number of aryl methyl sites for hydroxylation is 1. The molecule has 4 aromatic rings. The second-order valence-corrected chi connectivity index (χ2v) is 9.87. The van der Waals surface area contributed by atoms with Gasteiger partial charge in [-0.2, -0.15) is 5.10 Å². The Hall–Kier alpha value is -3.76. The number of nitrogens with one attached hydrogen (secondary N) is 2. The average molecular weight is 537 g/mol. The van der Waals surface area contributed by atoms with E-state index in [2.05, 4.69) is 42.5 Å². The molecule has 0 aliphatic carbocycles. The molecular formula is C27H30ClFN8O. The molecule has 1 aliphatic rings. The van der Waals surface area contributed by atoms with Crippen LogP contribution in [0.25, 0.3) is 11.2 Å². The van der Waals surface area contributed by atoms with E-state index in [0.717, 1.165) is 31.9 Å². The number of halogens is 2. The zero-order valence-electron chi connectivity index (χ0n) is 21.6. The highest BCUT2D eigenvalue weighted by Gasteiger charge is 2.19. The molecule has 5 rings (SSSR count). The molecule has 1 fully saturated rings. The Bertz CT molecular complexity index is 1470.